The summed E-state index contributed by atoms with van der Waals surface area (Å²) in [6.07, 6.45) is -0.671. The van der Waals surface area contributed by atoms with Gasteiger partial charge in [-0.15, -0.1) is 0 Å². The van der Waals surface area contributed by atoms with E-state index >= 15 is 0 Å². The largest absolute Gasteiger partial charge is 0.444 e. The highest BCUT2D eigenvalue weighted by molar-refractivity contribution is 5.90. The molecule has 1 unspecified atom stereocenters. The summed E-state index contributed by atoms with van der Waals surface area (Å²) in [5, 5.41) is 5.35. The second-order valence-electron chi connectivity index (χ2n) is 8.02. The molecule has 0 fully saturated rings. The van der Waals surface area contributed by atoms with E-state index in [4.69, 9.17) is 4.74 Å². The molecule has 0 spiro atoms. The number of ether oxygens (including phenoxy) is 1. The Morgan fingerprint density at radius 2 is 1.82 bits per heavy atom. The van der Waals surface area contributed by atoms with E-state index in [2.05, 4.69) is 10.6 Å². The van der Waals surface area contributed by atoms with Crippen LogP contribution in [-0.2, 0) is 14.3 Å². The van der Waals surface area contributed by atoms with Gasteiger partial charge in [0, 0.05) is 12.6 Å². The summed E-state index contributed by atoms with van der Waals surface area (Å²) >= 11 is 0. The van der Waals surface area contributed by atoms with E-state index in [0.717, 1.165) is 11.1 Å². The number of benzene rings is 1. The molecule has 0 aliphatic heterocycles. The Morgan fingerprint density at radius 3 is 2.32 bits per heavy atom. The molecule has 7 heteroatoms. The fraction of sp³-hybridized carbons (Fsp3) is 0.571. The number of rotatable bonds is 7. The Kier molecular flexibility index (Phi) is 8.47. The van der Waals surface area contributed by atoms with Gasteiger partial charge in [-0.1, -0.05) is 29.8 Å². The van der Waals surface area contributed by atoms with Gasteiger partial charge in [0.1, 0.15) is 18.2 Å². The van der Waals surface area contributed by atoms with E-state index in [9.17, 15) is 14.4 Å². The van der Waals surface area contributed by atoms with Crippen molar-refractivity contribution in [1.82, 2.24) is 15.5 Å². The van der Waals surface area contributed by atoms with Gasteiger partial charge in [0.25, 0.3) is 0 Å². The second kappa shape index (κ2) is 10.1. The SMILES string of the molecule is CCN(C(=O)CNC(=O)OC(C)(C)C)C(C(=O)NC(C)C)c1cccc(C)c1. The number of carbonyl (C=O) groups is 3. The van der Waals surface area contributed by atoms with Gasteiger partial charge in [0.15, 0.2) is 0 Å². The summed E-state index contributed by atoms with van der Waals surface area (Å²) in [5.74, 6) is -0.619. The predicted molar refractivity (Wildman–Crippen MR) is 109 cm³/mol. The molecule has 0 heterocycles. The molecule has 156 valence electrons. The fourth-order valence-corrected chi connectivity index (χ4v) is 2.74. The first-order valence-corrected chi connectivity index (χ1v) is 9.57. The lowest BCUT2D eigenvalue weighted by atomic mass is 10.0. The molecule has 2 N–H and O–H groups in total. The molecule has 0 aromatic heterocycles. The Balaban J connectivity index is 3.03. The highest BCUT2D eigenvalue weighted by atomic mass is 16.6. The molecule has 0 saturated carbocycles. The van der Waals surface area contributed by atoms with E-state index in [1.807, 2.05) is 45.0 Å². The van der Waals surface area contributed by atoms with Crippen LogP contribution in [0, 0.1) is 6.92 Å². The molecule has 0 bridgehead atoms. The average Bonchev–Trinajstić information content (AvgIpc) is 2.55. The molecule has 1 aromatic carbocycles. The van der Waals surface area contributed by atoms with Gasteiger partial charge in [0.05, 0.1) is 0 Å². The zero-order chi connectivity index (χ0) is 21.5. The maximum absolute atomic E-state index is 12.9. The van der Waals surface area contributed by atoms with Crippen molar-refractivity contribution in [2.24, 2.45) is 0 Å². The highest BCUT2D eigenvalue weighted by Gasteiger charge is 2.31. The number of carbonyl (C=O) groups excluding carboxylic acids is 3. The third kappa shape index (κ3) is 7.58. The number of likely N-dealkylation sites (N-methyl/N-ethyl adjacent to an activating group) is 1. The van der Waals surface area contributed by atoms with Gasteiger partial charge >= 0.3 is 6.09 Å². The normalized spacial score (nSPS) is 12.3. The number of aryl methyl sites for hydroxylation is 1. The number of alkyl carbamates (subject to hydrolysis) is 1. The Hall–Kier alpha value is -2.57. The van der Waals surface area contributed by atoms with E-state index in [1.165, 1.54) is 4.90 Å². The smallest absolute Gasteiger partial charge is 0.408 e. The minimum Gasteiger partial charge on any atom is -0.444 e. The number of nitrogens with zero attached hydrogens (tertiary/aromatic N) is 1. The summed E-state index contributed by atoms with van der Waals surface area (Å²) in [6.45, 7) is 12.8. The summed E-state index contributed by atoms with van der Waals surface area (Å²) < 4.78 is 5.16. The standard InChI is InChI=1S/C21H33N3O4/c1-8-24(17(25)13-22-20(27)28-21(5,6)7)18(19(26)23-14(2)3)16-11-9-10-15(4)12-16/h9-12,14,18H,8,13H2,1-7H3,(H,22,27)(H,23,26). The van der Waals surface area contributed by atoms with Crippen molar-refractivity contribution in [2.45, 2.75) is 66.2 Å². The van der Waals surface area contributed by atoms with Crippen molar-refractivity contribution in [1.29, 1.82) is 0 Å². The monoisotopic (exact) mass is 391 g/mol. The lowest BCUT2D eigenvalue weighted by Gasteiger charge is -2.31. The number of hydrogen-bond donors (Lipinski definition) is 2. The van der Waals surface area contributed by atoms with E-state index in [-0.39, 0.29) is 24.4 Å². The maximum Gasteiger partial charge on any atom is 0.408 e. The first-order chi connectivity index (χ1) is 12.9. The van der Waals surface area contributed by atoms with Crippen molar-refractivity contribution >= 4 is 17.9 Å². The van der Waals surface area contributed by atoms with Crippen LogP contribution in [0.2, 0.25) is 0 Å². The summed E-state index contributed by atoms with van der Waals surface area (Å²) in [6, 6.07) is 6.67. The molecule has 1 aromatic rings. The fourth-order valence-electron chi connectivity index (χ4n) is 2.74. The van der Waals surface area contributed by atoms with Gasteiger partial charge in [-0.2, -0.15) is 0 Å². The topological polar surface area (TPSA) is 87.7 Å². The number of nitrogens with one attached hydrogen (secondary N) is 2. The quantitative estimate of drug-likeness (QED) is 0.748. The second-order valence-corrected chi connectivity index (χ2v) is 8.02. The van der Waals surface area contributed by atoms with Gasteiger partial charge in [0.2, 0.25) is 11.8 Å². The first kappa shape index (κ1) is 23.5. The third-order valence-corrected chi connectivity index (χ3v) is 3.79. The van der Waals surface area contributed by atoms with Gasteiger partial charge in [-0.3, -0.25) is 9.59 Å². The molecular formula is C21H33N3O4. The molecule has 0 saturated heterocycles. The number of hydrogen-bond acceptors (Lipinski definition) is 4. The Bertz CT molecular complexity index is 695. The molecule has 0 radical (unpaired) electrons. The van der Waals surface area contributed by atoms with Gasteiger partial charge < -0.3 is 20.3 Å². The van der Waals surface area contributed by atoms with Crippen molar-refractivity contribution in [3.63, 3.8) is 0 Å². The lowest BCUT2D eigenvalue weighted by Crippen LogP contribution is -2.48. The molecule has 1 rings (SSSR count). The molecule has 3 amide bonds. The Labute approximate surface area is 167 Å². The maximum atomic E-state index is 12.9. The average molecular weight is 392 g/mol. The molecule has 7 nitrogen and oxygen atoms in total. The van der Waals surface area contributed by atoms with Crippen molar-refractivity contribution in [3.05, 3.63) is 35.4 Å². The van der Waals surface area contributed by atoms with Crippen LogP contribution in [-0.4, -0.2) is 47.5 Å². The molecule has 28 heavy (non-hydrogen) atoms. The first-order valence-electron chi connectivity index (χ1n) is 9.57. The molecule has 0 aliphatic carbocycles. The van der Waals surface area contributed by atoms with Crippen LogP contribution in [0.15, 0.2) is 24.3 Å². The van der Waals surface area contributed by atoms with E-state index in [1.54, 1.807) is 27.7 Å². The van der Waals surface area contributed by atoms with Crippen LogP contribution in [0.3, 0.4) is 0 Å². The Morgan fingerprint density at radius 1 is 1.18 bits per heavy atom. The third-order valence-electron chi connectivity index (χ3n) is 3.79. The van der Waals surface area contributed by atoms with Crippen molar-refractivity contribution in [2.75, 3.05) is 13.1 Å². The van der Waals surface area contributed by atoms with Gasteiger partial charge in [-0.05, 0) is 54.0 Å². The molecule has 1 atom stereocenters. The van der Waals surface area contributed by atoms with Crippen LogP contribution in [0.1, 0.15) is 58.7 Å². The lowest BCUT2D eigenvalue weighted by molar-refractivity contribution is -0.140. The van der Waals surface area contributed by atoms with Crippen molar-refractivity contribution in [3.8, 4) is 0 Å². The van der Waals surface area contributed by atoms with Crippen LogP contribution in [0.25, 0.3) is 0 Å². The van der Waals surface area contributed by atoms with Crippen LogP contribution in [0.5, 0.6) is 0 Å². The summed E-state index contributed by atoms with van der Waals surface area (Å²) in [7, 11) is 0. The van der Waals surface area contributed by atoms with Gasteiger partial charge in [-0.25, -0.2) is 4.79 Å². The van der Waals surface area contributed by atoms with Crippen LogP contribution >= 0.6 is 0 Å². The zero-order valence-corrected chi connectivity index (χ0v) is 18.0. The van der Waals surface area contributed by atoms with E-state index < -0.39 is 17.7 Å². The summed E-state index contributed by atoms with van der Waals surface area (Å²) in [5.41, 5.74) is 1.07. The minimum atomic E-state index is -0.778. The number of amides is 3. The molecular weight excluding hydrogens is 358 g/mol. The molecule has 0 aliphatic rings. The van der Waals surface area contributed by atoms with E-state index in [0.29, 0.717) is 6.54 Å². The summed E-state index contributed by atoms with van der Waals surface area (Å²) in [4.78, 5) is 39.0. The zero-order valence-electron chi connectivity index (χ0n) is 18.0. The predicted octanol–water partition coefficient (Wildman–Crippen LogP) is 2.93. The van der Waals surface area contributed by atoms with Crippen molar-refractivity contribution < 1.29 is 19.1 Å². The van der Waals surface area contributed by atoms with Crippen LogP contribution < -0.4 is 10.6 Å². The van der Waals surface area contributed by atoms with Crippen LogP contribution in [0.4, 0.5) is 4.79 Å². The minimum absolute atomic E-state index is 0.0616. The highest BCUT2D eigenvalue weighted by Crippen LogP contribution is 2.22.